The van der Waals surface area contributed by atoms with E-state index in [-0.39, 0.29) is 5.52 Å². The number of fused-ring (bicyclic) bond motifs is 1. The van der Waals surface area contributed by atoms with Crippen molar-refractivity contribution in [3.05, 3.63) is 90.6 Å². The average molecular weight is 365 g/mol. The molecule has 4 aromatic rings. The lowest BCUT2D eigenvalue weighted by atomic mass is 9.99. The summed E-state index contributed by atoms with van der Waals surface area (Å²) >= 11 is 0. The highest BCUT2D eigenvalue weighted by molar-refractivity contribution is 5.96. The maximum atomic E-state index is 13.3. The lowest BCUT2D eigenvalue weighted by Crippen LogP contribution is -2.06. The summed E-state index contributed by atoms with van der Waals surface area (Å²) in [7, 11) is 0. The van der Waals surface area contributed by atoms with Gasteiger partial charge in [-0.25, -0.2) is 0 Å². The molecule has 0 fully saturated rings. The predicted molar refractivity (Wildman–Crippen MR) is 98.7 cm³/mol. The van der Waals surface area contributed by atoms with Gasteiger partial charge in [-0.3, -0.25) is 4.98 Å². The van der Waals surface area contributed by atoms with Crippen molar-refractivity contribution in [1.82, 2.24) is 4.98 Å². The van der Waals surface area contributed by atoms with E-state index < -0.39 is 11.7 Å². The molecule has 2 nitrogen and oxygen atoms in total. The van der Waals surface area contributed by atoms with Crippen LogP contribution in [0.15, 0.2) is 85.1 Å². The van der Waals surface area contributed by atoms with Gasteiger partial charge in [-0.1, -0.05) is 42.5 Å². The van der Waals surface area contributed by atoms with E-state index in [1.54, 1.807) is 18.2 Å². The van der Waals surface area contributed by atoms with Crippen LogP contribution >= 0.6 is 0 Å². The number of ether oxygens (including phenoxy) is 1. The number of hydrogen-bond acceptors (Lipinski definition) is 2. The summed E-state index contributed by atoms with van der Waals surface area (Å²) in [6, 6.07) is 22.4. The Balaban J connectivity index is 1.80. The number of para-hydroxylation sites is 2. The Bertz CT molecular complexity index is 1090. The highest BCUT2D eigenvalue weighted by Crippen LogP contribution is 2.37. The normalized spacial score (nSPS) is 11.5. The summed E-state index contributed by atoms with van der Waals surface area (Å²) in [4.78, 5) is 3.97. The van der Waals surface area contributed by atoms with Crippen LogP contribution in [0.3, 0.4) is 0 Å². The summed E-state index contributed by atoms with van der Waals surface area (Å²) in [5, 5.41) is 0.448. The topological polar surface area (TPSA) is 22.1 Å². The molecule has 0 saturated carbocycles. The first-order valence-corrected chi connectivity index (χ1v) is 8.31. The summed E-state index contributed by atoms with van der Waals surface area (Å²) in [5.41, 5.74) is 0.634. The van der Waals surface area contributed by atoms with Crippen molar-refractivity contribution < 1.29 is 17.9 Å². The Kier molecular flexibility index (Phi) is 4.28. The predicted octanol–water partition coefficient (Wildman–Crippen LogP) is 6.71. The third-order valence-corrected chi connectivity index (χ3v) is 4.20. The van der Waals surface area contributed by atoms with E-state index >= 15 is 0 Å². The minimum atomic E-state index is -4.45. The lowest BCUT2D eigenvalue weighted by Gasteiger charge is -2.13. The molecule has 0 unspecified atom stereocenters. The van der Waals surface area contributed by atoms with Crippen LogP contribution in [0.4, 0.5) is 13.2 Å². The number of hydrogen-bond donors (Lipinski definition) is 0. The van der Waals surface area contributed by atoms with Gasteiger partial charge in [-0.05, 0) is 47.5 Å². The second-order valence-corrected chi connectivity index (χ2v) is 6.00. The molecular weight excluding hydrogens is 351 g/mol. The second kappa shape index (κ2) is 6.76. The van der Waals surface area contributed by atoms with Gasteiger partial charge in [-0.2, -0.15) is 13.2 Å². The summed E-state index contributed by atoms with van der Waals surface area (Å²) in [5.74, 6) is 1.30. The molecule has 0 spiro atoms. The number of rotatable bonds is 3. The number of pyridine rings is 1. The van der Waals surface area contributed by atoms with Crippen LogP contribution in [0.1, 0.15) is 5.56 Å². The molecule has 27 heavy (non-hydrogen) atoms. The fourth-order valence-corrected chi connectivity index (χ4v) is 3.01. The van der Waals surface area contributed by atoms with E-state index in [0.717, 1.165) is 11.6 Å². The molecule has 1 aromatic heterocycles. The third-order valence-electron chi connectivity index (χ3n) is 4.20. The monoisotopic (exact) mass is 365 g/mol. The number of halogens is 3. The molecule has 134 valence electrons. The van der Waals surface area contributed by atoms with E-state index in [0.29, 0.717) is 22.4 Å². The molecule has 0 saturated heterocycles. The van der Waals surface area contributed by atoms with Crippen LogP contribution in [0.2, 0.25) is 0 Å². The maximum absolute atomic E-state index is 13.3. The van der Waals surface area contributed by atoms with Gasteiger partial charge in [0.25, 0.3) is 0 Å². The second-order valence-electron chi connectivity index (χ2n) is 6.00. The first-order valence-electron chi connectivity index (χ1n) is 8.31. The van der Waals surface area contributed by atoms with Crippen molar-refractivity contribution in [1.29, 1.82) is 0 Å². The van der Waals surface area contributed by atoms with Crippen molar-refractivity contribution in [2.45, 2.75) is 6.18 Å². The van der Waals surface area contributed by atoms with Gasteiger partial charge in [-0.15, -0.1) is 0 Å². The molecule has 0 aliphatic heterocycles. The minimum Gasteiger partial charge on any atom is -0.457 e. The van der Waals surface area contributed by atoms with Gasteiger partial charge < -0.3 is 4.74 Å². The van der Waals surface area contributed by atoms with Gasteiger partial charge in [0.15, 0.2) is 0 Å². The highest BCUT2D eigenvalue weighted by Gasteiger charge is 2.33. The Hall–Kier alpha value is -3.34. The van der Waals surface area contributed by atoms with Gasteiger partial charge in [0, 0.05) is 11.6 Å². The minimum absolute atomic E-state index is 0.0584. The van der Waals surface area contributed by atoms with Gasteiger partial charge in [0.1, 0.15) is 11.5 Å². The first kappa shape index (κ1) is 17.1. The lowest BCUT2D eigenvalue weighted by molar-refractivity contribution is -0.136. The van der Waals surface area contributed by atoms with E-state index in [9.17, 15) is 13.2 Å². The Labute approximate surface area is 153 Å². The zero-order valence-corrected chi connectivity index (χ0v) is 14.1. The molecule has 3 aromatic carbocycles. The molecule has 5 heteroatoms. The number of alkyl halides is 3. The Morgan fingerprint density at radius 3 is 2.26 bits per heavy atom. The summed E-state index contributed by atoms with van der Waals surface area (Å²) in [6.07, 6.45) is -3.05. The summed E-state index contributed by atoms with van der Waals surface area (Å²) in [6.45, 7) is 0. The van der Waals surface area contributed by atoms with Crippen molar-refractivity contribution in [3.8, 4) is 22.6 Å². The molecule has 1 heterocycles. The Morgan fingerprint density at radius 2 is 1.48 bits per heavy atom. The molecule has 0 N–H and O–H groups in total. The fourth-order valence-electron chi connectivity index (χ4n) is 3.01. The van der Waals surface area contributed by atoms with Crippen LogP contribution < -0.4 is 4.74 Å². The van der Waals surface area contributed by atoms with Gasteiger partial charge in [0.2, 0.25) is 0 Å². The maximum Gasteiger partial charge on any atom is 0.418 e. The van der Waals surface area contributed by atoms with Gasteiger partial charge in [0.05, 0.1) is 11.1 Å². The number of aromatic nitrogens is 1. The van der Waals surface area contributed by atoms with Crippen LogP contribution in [-0.2, 0) is 6.18 Å². The largest absolute Gasteiger partial charge is 0.457 e. The van der Waals surface area contributed by atoms with Crippen molar-refractivity contribution in [2.75, 3.05) is 0 Å². The van der Waals surface area contributed by atoms with E-state index in [1.165, 1.54) is 12.3 Å². The van der Waals surface area contributed by atoms with Crippen LogP contribution in [-0.4, -0.2) is 4.98 Å². The SMILES string of the molecule is FC(F)(F)c1cccc2c(-c3cccc(Oc4ccccc4)c3)ccnc12. The standard InChI is InChI=1S/C22H14F3NO/c23-22(24,25)20-11-5-10-19-18(12-13-26-21(19)20)15-6-4-9-17(14-15)27-16-7-2-1-3-8-16/h1-14H. The van der Waals surface area contributed by atoms with E-state index in [1.807, 2.05) is 48.5 Å². The first-order chi connectivity index (χ1) is 13.0. The Morgan fingerprint density at radius 1 is 0.741 bits per heavy atom. The van der Waals surface area contributed by atoms with E-state index in [2.05, 4.69) is 4.98 Å². The zero-order chi connectivity index (χ0) is 18.9. The van der Waals surface area contributed by atoms with Crippen molar-refractivity contribution >= 4 is 10.9 Å². The number of nitrogens with zero attached hydrogens (tertiary/aromatic N) is 1. The quantitative estimate of drug-likeness (QED) is 0.402. The average Bonchev–Trinajstić information content (AvgIpc) is 2.67. The van der Waals surface area contributed by atoms with E-state index in [4.69, 9.17) is 4.74 Å². The molecule has 0 aliphatic rings. The van der Waals surface area contributed by atoms with Crippen molar-refractivity contribution in [3.63, 3.8) is 0 Å². The van der Waals surface area contributed by atoms with Crippen molar-refractivity contribution in [2.24, 2.45) is 0 Å². The molecule has 0 bridgehead atoms. The zero-order valence-electron chi connectivity index (χ0n) is 14.1. The molecule has 4 rings (SSSR count). The fraction of sp³-hybridized carbons (Fsp3) is 0.0455. The van der Waals surface area contributed by atoms with Crippen LogP contribution in [0.25, 0.3) is 22.0 Å². The highest BCUT2D eigenvalue weighted by atomic mass is 19.4. The molecule has 0 amide bonds. The molecule has 0 aliphatic carbocycles. The molecule has 0 radical (unpaired) electrons. The van der Waals surface area contributed by atoms with Crippen LogP contribution in [0, 0.1) is 0 Å². The third kappa shape index (κ3) is 3.49. The van der Waals surface area contributed by atoms with Crippen LogP contribution in [0.5, 0.6) is 11.5 Å². The summed E-state index contributed by atoms with van der Waals surface area (Å²) < 4.78 is 45.7. The molecular formula is C22H14F3NO. The number of benzene rings is 3. The molecule has 0 atom stereocenters. The smallest absolute Gasteiger partial charge is 0.418 e. The van der Waals surface area contributed by atoms with Gasteiger partial charge >= 0.3 is 6.18 Å².